The van der Waals surface area contributed by atoms with E-state index in [0.717, 1.165) is 11.8 Å². The molecule has 0 aliphatic carbocycles. The van der Waals surface area contributed by atoms with Crippen LogP contribution in [0.3, 0.4) is 0 Å². The van der Waals surface area contributed by atoms with Gasteiger partial charge in [-0.05, 0) is 50.6 Å². The van der Waals surface area contributed by atoms with Crippen LogP contribution in [0.15, 0.2) is 0 Å². The van der Waals surface area contributed by atoms with Gasteiger partial charge in [0.1, 0.15) is 0 Å². The smallest absolute Gasteiger partial charge is 0.00488 e. The summed E-state index contributed by atoms with van der Waals surface area (Å²) in [5, 5.41) is 3.54. The van der Waals surface area contributed by atoms with Crippen LogP contribution in [0.25, 0.3) is 0 Å². The quantitative estimate of drug-likeness (QED) is 0.626. The van der Waals surface area contributed by atoms with Gasteiger partial charge < -0.3 is 5.32 Å². The lowest BCUT2D eigenvalue weighted by atomic mass is 9.93. The maximum absolute atomic E-state index is 3.54. The fraction of sp³-hybridized carbons (Fsp3) is 1.00. The Labute approximate surface area is 89.7 Å². The molecule has 1 nitrogen and oxygen atoms in total. The summed E-state index contributed by atoms with van der Waals surface area (Å²) in [6, 6.07) is 0. The number of nitrogens with one attached hydrogen (secondary N) is 1. The van der Waals surface area contributed by atoms with E-state index in [0.29, 0.717) is 0 Å². The zero-order valence-corrected chi connectivity index (χ0v) is 10.0. The molecule has 1 aliphatic heterocycles. The van der Waals surface area contributed by atoms with Crippen molar-refractivity contribution < 1.29 is 0 Å². The molecule has 0 aromatic carbocycles. The van der Waals surface area contributed by atoms with Gasteiger partial charge in [-0.2, -0.15) is 0 Å². The van der Waals surface area contributed by atoms with Crippen LogP contribution in [0, 0.1) is 11.8 Å². The van der Waals surface area contributed by atoms with E-state index >= 15 is 0 Å². The number of hydrogen-bond donors (Lipinski definition) is 1. The maximum Gasteiger partial charge on any atom is -0.00488 e. The molecule has 0 radical (unpaired) electrons. The molecule has 1 saturated heterocycles. The second-order valence-corrected chi connectivity index (χ2v) is 5.18. The summed E-state index contributed by atoms with van der Waals surface area (Å²) in [5.74, 6) is 1.90. The average molecular weight is 197 g/mol. The third-order valence-electron chi connectivity index (χ3n) is 3.49. The van der Waals surface area contributed by atoms with Gasteiger partial charge in [-0.15, -0.1) is 0 Å². The summed E-state index contributed by atoms with van der Waals surface area (Å²) in [4.78, 5) is 0. The Kier molecular flexibility index (Phi) is 6.25. The molecule has 84 valence electrons. The van der Waals surface area contributed by atoms with Crippen molar-refractivity contribution >= 4 is 0 Å². The summed E-state index contributed by atoms with van der Waals surface area (Å²) in [6.45, 7) is 7.30. The number of rotatable bonds is 0. The molecule has 0 spiro atoms. The Morgan fingerprint density at radius 1 is 0.714 bits per heavy atom. The fourth-order valence-corrected chi connectivity index (χ4v) is 2.38. The third-order valence-corrected chi connectivity index (χ3v) is 3.49. The van der Waals surface area contributed by atoms with Crippen LogP contribution < -0.4 is 5.32 Å². The molecule has 1 N–H and O–H groups in total. The summed E-state index contributed by atoms with van der Waals surface area (Å²) in [7, 11) is 0. The Morgan fingerprint density at radius 2 is 1.14 bits per heavy atom. The van der Waals surface area contributed by atoms with E-state index in [9.17, 15) is 0 Å². The molecule has 2 unspecified atom stereocenters. The van der Waals surface area contributed by atoms with Crippen LogP contribution in [0.5, 0.6) is 0 Å². The van der Waals surface area contributed by atoms with Crippen LogP contribution in [-0.4, -0.2) is 13.1 Å². The largest absolute Gasteiger partial charge is 0.317 e. The lowest BCUT2D eigenvalue weighted by Gasteiger charge is -2.16. The standard InChI is InChI=1S/C13H27N/c1-12-6-3-7-13(2)9-5-11-14-10-4-8-12/h12-14H,3-11H2,1-2H3. The van der Waals surface area contributed by atoms with Crippen molar-refractivity contribution in [3.8, 4) is 0 Å². The van der Waals surface area contributed by atoms with Crippen molar-refractivity contribution in [3.63, 3.8) is 0 Å². The molecule has 0 amide bonds. The van der Waals surface area contributed by atoms with Gasteiger partial charge in [0, 0.05) is 0 Å². The predicted molar refractivity (Wildman–Crippen MR) is 63.5 cm³/mol. The molecular formula is C13H27N. The second kappa shape index (κ2) is 7.28. The van der Waals surface area contributed by atoms with Gasteiger partial charge in [-0.3, -0.25) is 0 Å². The van der Waals surface area contributed by atoms with Gasteiger partial charge >= 0.3 is 0 Å². The normalized spacial score (nSPS) is 33.0. The van der Waals surface area contributed by atoms with Gasteiger partial charge in [0.05, 0.1) is 0 Å². The minimum absolute atomic E-state index is 0.948. The Morgan fingerprint density at radius 3 is 1.64 bits per heavy atom. The van der Waals surface area contributed by atoms with E-state index in [1.165, 1.54) is 58.0 Å². The highest BCUT2D eigenvalue weighted by Gasteiger charge is 2.06. The lowest BCUT2D eigenvalue weighted by Crippen LogP contribution is -2.18. The molecule has 0 aromatic heterocycles. The molecular weight excluding hydrogens is 170 g/mol. The minimum atomic E-state index is 0.948. The SMILES string of the molecule is CC1CCCNCCCC(C)CCC1. The molecule has 1 heteroatoms. The fourth-order valence-electron chi connectivity index (χ4n) is 2.38. The Bertz CT molecular complexity index is 119. The topological polar surface area (TPSA) is 12.0 Å². The van der Waals surface area contributed by atoms with Crippen molar-refractivity contribution in [3.05, 3.63) is 0 Å². The minimum Gasteiger partial charge on any atom is -0.317 e. The van der Waals surface area contributed by atoms with Crippen molar-refractivity contribution in [2.75, 3.05) is 13.1 Å². The molecule has 0 aromatic rings. The van der Waals surface area contributed by atoms with Gasteiger partial charge in [0.15, 0.2) is 0 Å². The predicted octanol–water partition coefficient (Wildman–Crippen LogP) is 3.59. The molecule has 14 heavy (non-hydrogen) atoms. The summed E-state index contributed by atoms with van der Waals surface area (Å²) < 4.78 is 0. The summed E-state index contributed by atoms with van der Waals surface area (Å²) >= 11 is 0. The van der Waals surface area contributed by atoms with Crippen LogP contribution in [0.1, 0.15) is 58.8 Å². The van der Waals surface area contributed by atoms with E-state index in [2.05, 4.69) is 19.2 Å². The Hall–Kier alpha value is -0.0400. The van der Waals surface area contributed by atoms with Crippen LogP contribution in [-0.2, 0) is 0 Å². The van der Waals surface area contributed by atoms with Crippen LogP contribution >= 0.6 is 0 Å². The Balaban J connectivity index is 2.21. The van der Waals surface area contributed by atoms with E-state index in [4.69, 9.17) is 0 Å². The molecule has 0 saturated carbocycles. The van der Waals surface area contributed by atoms with Gasteiger partial charge in [-0.25, -0.2) is 0 Å². The summed E-state index contributed by atoms with van der Waals surface area (Å²) in [5.41, 5.74) is 0. The highest BCUT2D eigenvalue weighted by molar-refractivity contribution is 4.61. The molecule has 1 fully saturated rings. The van der Waals surface area contributed by atoms with Gasteiger partial charge in [0.25, 0.3) is 0 Å². The maximum atomic E-state index is 3.54. The monoisotopic (exact) mass is 197 g/mol. The zero-order valence-electron chi connectivity index (χ0n) is 10.0. The van der Waals surface area contributed by atoms with Crippen LogP contribution in [0.4, 0.5) is 0 Å². The third kappa shape index (κ3) is 5.64. The molecule has 1 rings (SSSR count). The van der Waals surface area contributed by atoms with Crippen molar-refractivity contribution in [2.45, 2.75) is 58.8 Å². The first-order valence-corrected chi connectivity index (χ1v) is 6.49. The zero-order chi connectivity index (χ0) is 10.2. The first-order valence-electron chi connectivity index (χ1n) is 6.49. The lowest BCUT2D eigenvalue weighted by molar-refractivity contribution is 0.383. The van der Waals surface area contributed by atoms with E-state index in [-0.39, 0.29) is 0 Å². The van der Waals surface area contributed by atoms with Gasteiger partial charge in [-0.1, -0.05) is 33.1 Å². The van der Waals surface area contributed by atoms with Crippen molar-refractivity contribution in [2.24, 2.45) is 11.8 Å². The summed E-state index contributed by atoms with van der Waals surface area (Å²) in [6.07, 6.45) is 9.93. The van der Waals surface area contributed by atoms with E-state index in [1.54, 1.807) is 0 Å². The molecule has 1 aliphatic rings. The molecule has 0 bridgehead atoms. The first kappa shape index (κ1) is 12.0. The average Bonchev–Trinajstić information content (AvgIpc) is 2.14. The highest BCUT2D eigenvalue weighted by Crippen LogP contribution is 2.19. The highest BCUT2D eigenvalue weighted by atomic mass is 14.8. The van der Waals surface area contributed by atoms with Crippen molar-refractivity contribution in [1.29, 1.82) is 0 Å². The van der Waals surface area contributed by atoms with Crippen molar-refractivity contribution in [1.82, 2.24) is 5.32 Å². The second-order valence-electron chi connectivity index (χ2n) is 5.18. The molecule has 1 heterocycles. The van der Waals surface area contributed by atoms with E-state index < -0.39 is 0 Å². The van der Waals surface area contributed by atoms with Gasteiger partial charge in [0.2, 0.25) is 0 Å². The molecule has 2 atom stereocenters. The number of hydrogen-bond acceptors (Lipinski definition) is 1. The van der Waals surface area contributed by atoms with Crippen LogP contribution in [0.2, 0.25) is 0 Å². The van der Waals surface area contributed by atoms with E-state index in [1.807, 2.05) is 0 Å². The first-order chi connectivity index (χ1) is 6.79.